The van der Waals surface area contributed by atoms with Gasteiger partial charge in [-0.05, 0) is 61.9 Å². The van der Waals surface area contributed by atoms with E-state index in [0.29, 0.717) is 31.1 Å². The fraction of sp³-hybridized carbons (Fsp3) is 0.318. The molecule has 1 aromatic heterocycles. The quantitative estimate of drug-likeness (QED) is 0.575. The number of carbonyl (C=O) groups excluding carboxylic acids is 1. The number of nitrogens with zero attached hydrogens (tertiary/aromatic N) is 3. The molecule has 1 atom stereocenters. The second kappa shape index (κ2) is 7.80. The molecule has 0 N–H and O–H groups in total. The van der Waals surface area contributed by atoms with Crippen LogP contribution in [0.2, 0.25) is 0 Å². The van der Waals surface area contributed by atoms with Gasteiger partial charge in [-0.15, -0.1) is 11.8 Å². The van der Waals surface area contributed by atoms with Crippen LogP contribution in [0.15, 0.2) is 51.9 Å². The van der Waals surface area contributed by atoms with E-state index in [-0.39, 0.29) is 11.9 Å². The van der Waals surface area contributed by atoms with Gasteiger partial charge < -0.3 is 9.42 Å². The Bertz CT molecular complexity index is 997. The number of benzene rings is 2. The SMILES string of the molecule is CSc1ccc(-c2noc(C3CCC(=O)N3Cc3cc(C)ccc3C)n2)cc1. The number of likely N-dealkylation sites (tertiary alicyclic amines) is 1. The Morgan fingerprint density at radius 3 is 2.71 bits per heavy atom. The molecule has 2 aromatic carbocycles. The highest BCUT2D eigenvalue weighted by atomic mass is 32.2. The molecule has 1 aliphatic heterocycles. The van der Waals surface area contributed by atoms with E-state index in [1.807, 2.05) is 35.4 Å². The Balaban J connectivity index is 1.58. The van der Waals surface area contributed by atoms with Gasteiger partial charge in [0, 0.05) is 23.4 Å². The van der Waals surface area contributed by atoms with Gasteiger partial charge >= 0.3 is 0 Å². The predicted octanol–water partition coefficient (Wildman–Crippen LogP) is 4.94. The summed E-state index contributed by atoms with van der Waals surface area (Å²) in [5, 5.41) is 4.15. The van der Waals surface area contributed by atoms with Crippen LogP contribution >= 0.6 is 11.8 Å². The lowest BCUT2D eigenvalue weighted by atomic mass is 10.0. The summed E-state index contributed by atoms with van der Waals surface area (Å²) in [7, 11) is 0. The molecule has 2 heterocycles. The first-order valence-corrected chi connectivity index (χ1v) is 10.6. The summed E-state index contributed by atoms with van der Waals surface area (Å²) in [6.45, 7) is 4.71. The van der Waals surface area contributed by atoms with Crippen molar-refractivity contribution >= 4 is 17.7 Å². The van der Waals surface area contributed by atoms with Crippen LogP contribution in [0.3, 0.4) is 0 Å². The standard InChI is InChI=1S/C22H23N3O2S/c1-14-4-5-15(2)17(12-14)13-25-19(10-11-20(25)26)22-23-21(24-27-22)16-6-8-18(28-3)9-7-16/h4-9,12,19H,10-11,13H2,1-3H3. The maximum atomic E-state index is 12.5. The van der Waals surface area contributed by atoms with Crippen molar-refractivity contribution < 1.29 is 9.32 Å². The summed E-state index contributed by atoms with van der Waals surface area (Å²) >= 11 is 1.69. The first-order valence-electron chi connectivity index (χ1n) is 9.39. The number of hydrogen-bond donors (Lipinski definition) is 0. The first-order chi connectivity index (χ1) is 13.5. The van der Waals surface area contributed by atoms with Crippen LogP contribution < -0.4 is 0 Å². The number of hydrogen-bond acceptors (Lipinski definition) is 5. The molecule has 5 nitrogen and oxygen atoms in total. The van der Waals surface area contributed by atoms with Crippen molar-refractivity contribution in [1.82, 2.24) is 15.0 Å². The Hall–Kier alpha value is -2.60. The average molecular weight is 394 g/mol. The van der Waals surface area contributed by atoms with Gasteiger partial charge in [0.15, 0.2) is 0 Å². The molecular weight excluding hydrogens is 370 g/mol. The zero-order chi connectivity index (χ0) is 19.7. The lowest BCUT2D eigenvalue weighted by Crippen LogP contribution is -2.27. The van der Waals surface area contributed by atoms with Crippen molar-refractivity contribution in [3.05, 3.63) is 65.0 Å². The van der Waals surface area contributed by atoms with Crippen LogP contribution in [0.5, 0.6) is 0 Å². The van der Waals surface area contributed by atoms with E-state index in [1.165, 1.54) is 16.0 Å². The van der Waals surface area contributed by atoms with Gasteiger partial charge in [0.05, 0.1) is 0 Å². The molecule has 28 heavy (non-hydrogen) atoms. The van der Waals surface area contributed by atoms with Crippen molar-refractivity contribution in [3.63, 3.8) is 0 Å². The Morgan fingerprint density at radius 2 is 1.96 bits per heavy atom. The smallest absolute Gasteiger partial charge is 0.249 e. The van der Waals surface area contributed by atoms with Gasteiger partial charge in [0.2, 0.25) is 17.6 Å². The molecule has 1 fully saturated rings. The largest absolute Gasteiger partial charge is 0.337 e. The van der Waals surface area contributed by atoms with Crippen LogP contribution in [0.25, 0.3) is 11.4 Å². The second-order valence-corrected chi connectivity index (χ2v) is 8.07. The van der Waals surface area contributed by atoms with Crippen LogP contribution in [-0.2, 0) is 11.3 Å². The van der Waals surface area contributed by atoms with E-state index in [9.17, 15) is 4.79 Å². The molecule has 1 aliphatic rings. The summed E-state index contributed by atoms with van der Waals surface area (Å²) in [5.41, 5.74) is 4.45. The monoisotopic (exact) mass is 393 g/mol. The van der Waals surface area contributed by atoms with Crippen LogP contribution in [0.1, 0.15) is 41.5 Å². The maximum absolute atomic E-state index is 12.5. The molecule has 1 unspecified atom stereocenters. The Kier molecular flexibility index (Phi) is 5.22. The molecule has 0 bridgehead atoms. The van der Waals surface area contributed by atoms with Crippen molar-refractivity contribution in [3.8, 4) is 11.4 Å². The minimum Gasteiger partial charge on any atom is -0.337 e. The van der Waals surface area contributed by atoms with Crippen LogP contribution in [-0.4, -0.2) is 27.2 Å². The number of carbonyl (C=O) groups is 1. The fourth-order valence-corrected chi connectivity index (χ4v) is 3.98. The third-order valence-electron chi connectivity index (χ3n) is 5.25. The van der Waals surface area contributed by atoms with E-state index < -0.39 is 0 Å². The molecule has 1 saturated heterocycles. The Labute approximate surface area is 169 Å². The van der Waals surface area contributed by atoms with Crippen molar-refractivity contribution in [2.75, 3.05) is 6.26 Å². The molecule has 6 heteroatoms. The van der Waals surface area contributed by atoms with Crippen molar-refractivity contribution in [2.24, 2.45) is 0 Å². The minimum atomic E-state index is -0.167. The van der Waals surface area contributed by atoms with E-state index in [4.69, 9.17) is 4.52 Å². The highest BCUT2D eigenvalue weighted by molar-refractivity contribution is 7.98. The molecule has 3 aromatic rings. The highest BCUT2D eigenvalue weighted by Gasteiger charge is 2.36. The molecule has 0 radical (unpaired) electrons. The first kappa shape index (κ1) is 18.7. The molecular formula is C22H23N3O2S. The van der Waals surface area contributed by atoms with Gasteiger partial charge in [-0.2, -0.15) is 4.98 Å². The Morgan fingerprint density at radius 1 is 1.18 bits per heavy atom. The second-order valence-electron chi connectivity index (χ2n) is 7.19. The fourth-order valence-electron chi connectivity index (χ4n) is 3.57. The van der Waals surface area contributed by atoms with Gasteiger partial charge in [-0.3, -0.25) is 4.79 Å². The van der Waals surface area contributed by atoms with Crippen LogP contribution in [0.4, 0.5) is 0 Å². The molecule has 0 saturated carbocycles. The lowest BCUT2D eigenvalue weighted by molar-refractivity contribution is -0.130. The number of thioether (sulfide) groups is 1. The minimum absolute atomic E-state index is 0.134. The lowest BCUT2D eigenvalue weighted by Gasteiger charge is -2.23. The molecule has 0 aliphatic carbocycles. The number of aromatic nitrogens is 2. The molecule has 0 spiro atoms. The van der Waals surface area contributed by atoms with Gasteiger partial charge in [0.1, 0.15) is 6.04 Å². The third kappa shape index (κ3) is 3.69. The zero-order valence-electron chi connectivity index (χ0n) is 16.3. The molecule has 1 amide bonds. The number of rotatable bonds is 5. The van der Waals surface area contributed by atoms with E-state index >= 15 is 0 Å². The highest BCUT2D eigenvalue weighted by Crippen LogP contribution is 2.34. The topological polar surface area (TPSA) is 59.2 Å². The van der Waals surface area contributed by atoms with E-state index in [1.54, 1.807) is 11.8 Å². The van der Waals surface area contributed by atoms with Gasteiger partial charge in [-0.25, -0.2) is 0 Å². The average Bonchev–Trinajstić information content (AvgIpc) is 3.32. The van der Waals surface area contributed by atoms with Gasteiger partial charge in [-0.1, -0.05) is 28.9 Å². The molecule has 4 rings (SSSR count). The zero-order valence-corrected chi connectivity index (χ0v) is 17.1. The van der Waals surface area contributed by atoms with Crippen LogP contribution in [0, 0.1) is 13.8 Å². The third-order valence-corrected chi connectivity index (χ3v) is 5.99. The van der Waals surface area contributed by atoms with E-state index in [0.717, 1.165) is 11.1 Å². The van der Waals surface area contributed by atoms with Crippen molar-refractivity contribution in [1.29, 1.82) is 0 Å². The summed E-state index contributed by atoms with van der Waals surface area (Å²) in [4.78, 5) is 20.2. The number of amides is 1. The molecule has 144 valence electrons. The van der Waals surface area contributed by atoms with E-state index in [2.05, 4.69) is 42.2 Å². The van der Waals surface area contributed by atoms with Crippen molar-refractivity contribution in [2.45, 2.75) is 44.2 Å². The van der Waals surface area contributed by atoms with Gasteiger partial charge in [0.25, 0.3) is 0 Å². The maximum Gasteiger partial charge on any atom is 0.249 e. The predicted molar refractivity (Wildman–Crippen MR) is 110 cm³/mol. The number of aryl methyl sites for hydroxylation is 2. The summed E-state index contributed by atoms with van der Waals surface area (Å²) in [6.07, 6.45) is 3.26. The normalized spacial score (nSPS) is 16.8. The summed E-state index contributed by atoms with van der Waals surface area (Å²) < 4.78 is 5.57. The summed E-state index contributed by atoms with van der Waals surface area (Å²) in [5.74, 6) is 1.21. The summed E-state index contributed by atoms with van der Waals surface area (Å²) in [6, 6.07) is 14.2.